The standard InChI is InChI=1S/C34H20Br2Cl2O2/c35-29-13-11-25(37)19-33(29)39-31-17-24-16-28(22-9-5-2-6-10-22)32(40-34-20-26(38)12-14-30(34)36)18-23(24)15-27(31)21-7-3-1-4-8-21/h1-20H. The van der Waals surface area contributed by atoms with Crippen LogP contribution in [0.2, 0.25) is 10.0 Å². The number of rotatable bonds is 6. The minimum atomic E-state index is 0.598. The van der Waals surface area contributed by atoms with Crippen LogP contribution in [0.3, 0.4) is 0 Å². The third kappa shape index (κ3) is 5.77. The number of halogens is 4. The fourth-order valence-corrected chi connectivity index (χ4v) is 5.49. The van der Waals surface area contributed by atoms with E-state index in [4.69, 9.17) is 32.7 Å². The normalized spacial score (nSPS) is 11.0. The second-order valence-electron chi connectivity index (χ2n) is 9.13. The van der Waals surface area contributed by atoms with Gasteiger partial charge in [0.1, 0.15) is 23.0 Å². The maximum Gasteiger partial charge on any atom is 0.143 e. The summed E-state index contributed by atoms with van der Waals surface area (Å²) in [6, 6.07) is 39.8. The molecule has 196 valence electrons. The molecule has 6 aromatic rings. The first-order chi connectivity index (χ1) is 19.4. The zero-order chi connectivity index (χ0) is 27.6. The first kappa shape index (κ1) is 26.9. The lowest BCUT2D eigenvalue weighted by Gasteiger charge is -2.18. The van der Waals surface area contributed by atoms with Crippen LogP contribution in [0.1, 0.15) is 0 Å². The molecule has 40 heavy (non-hydrogen) atoms. The Balaban J connectivity index is 1.57. The Bertz CT molecular complexity index is 1710. The van der Waals surface area contributed by atoms with Gasteiger partial charge in [0.05, 0.1) is 8.95 Å². The van der Waals surface area contributed by atoms with Crippen LogP contribution in [0, 0.1) is 0 Å². The molecule has 0 aromatic heterocycles. The van der Waals surface area contributed by atoms with E-state index in [0.717, 1.165) is 42.0 Å². The van der Waals surface area contributed by atoms with Crippen LogP contribution in [-0.4, -0.2) is 0 Å². The van der Waals surface area contributed by atoms with E-state index < -0.39 is 0 Å². The van der Waals surface area contributed by atoms with Gasteiger partial charge in [-0.1, -0.05) is 83.9 Å². The Morgan fingerprint density at radius 1 is 0.425 bits per heavy atom. The number of benzene rings is 6. The maximum atomic E-state index is 6.50. The molecule has 0 unspecified atom stereocenters. The van der Waals surface area contributed by atoms with Crippen molar-refractivity contribution in [3.8, 4) is 45.3 Å². The molecule has 0 atom stereocenters. The molecular formula is C34H20Br2Cl2O2. The van der Waals surface area contributed by atoms with Gasteiger partial charge in [0.25, 0.3) is 0 Å². The smallest absolute Gasteiger partial charge is 0.143 e. The summed E-state index contributed by atoms with van der Waals surface area (Å²) in [5, 5.41) is 3.20. The highest BCUT2D eigenvalue weighted by atomic mass is 79.9. The van der Waals surface area contributed by atoms with Gasteiger partial charge in [0.2, 0.25) is 0 Å². The van der Waals surface area contributed by atoms with Crippen molar-refractivity contribution in [1.29, 1.82) is 0 Å². The summed E-state index contributed by atoms with van der Waals surface area (Å²) in [6.45, 7) is 0. The Morgan fingerprint density at radius 3 is 1.23 bits per heavy atom. The fraction of sp³-hybridized carbons (Fsp3) is 0. The molecule has 0 aliphatic carbocycles. The van der Waals surface area contributed by atoms with Crippen molar-refractivity contribution in [2.45, 2.75) is 0 Å². The Kier molecular flexibility index (Phi) is 7.86. The summed E-state index contributed by atoms with van der Waals surface area (Å²) in [5.41, 5.74) is 3.96. The first-order valence-corrected chi connectivity index (χ1v) is 14.8. The van der Waals surface area contributed by atoms with E-state index in [9.17, 15) is 0 Å². The van der Waals surface area contributed by atoms with Crippen LogP contribution < -0.4 is 9.47 Å². The van der Waals surface area contributed by atoms with E-state index in [1.165, 1.54) is 0 Å². The van der Waals surface area contributed by atoms with E-state index in [2.05, 4.69) is 80.4 Å². The Morgan fingerprint density at radius 2 is 0.825 bits per heavy atom. The predicted octanol–water partition coefficient (Wildman–Crippen LogP) is 12.6. The minimum Gasteiger partial charge on any atom is -0.455 e. The molecule has 0 saturated carbocycles. The summed E-state index contributed by atoms with van der Waals surface area (Å²) < 4.78 is 14.6. The van der Waals surface area contributed by atoms with Gasteiger partial charge < -0.3 is 9.47 Å². The lowest BCUT2D eigenvalue weighted by molar-refractivity contribution is 0.480. The molecule has 6 heteroatoms. The lowest BCUT2D eigenvalue weighted by Crippen LogP contribution is -1.93. The highest BCUT2D eigenvalue weighted by molar-refractivity contribution is 9.10. The first-order valence-electron chi connectivity index (χ1n) is 12.4. The molecule has 0 aliphatic rings. The molecule has 0 N–H and O–H groups in total. The molecule has 6 rings (SSSR count). The van der Waals surface area contributed by atoms with E-state index in [1.54, 1.807) is 12.1 Å². The van der Waals surface area contributed by atoms with Crippen LogP contribution in [0.25, 0.3) is 33.0 Å². The van der Waals surface area contributed by atoms with Crippen molar-refractivity contribution in [2.24, 2.45) is 0 Å². The van der Waals surface area contributed by atoms with Crippen molar-refractivity contribution in [2.75, 3.05) is 0 Å². The number of fused-ring (bicyclic) bond motifs is 1. The van der Waals surface area contributed by atoms with Crippen molar-refractivity contribution in [3.63, 3.8) is 0 Å². The highest BCUT2D eigenvalue weighted by Gasteiger charge is 2.16. The van der Waals surface area contributed by atoms with E-state index >= 15 is 0 Å². The minimum absolute atomic E-state index is 0.598. The quantitative estimate of drug-likeness (QED) is 0.173. The molecule has 0 fully saturated rings. The lowest BCUT2D eigenvalue weighted by atomic mass is 9.96. The SMILES string of the molecule is Clc1ccc(Br)c(Oc2cc3cc(-c4ccccc4)c(Oc4cc(Cl)ccc4Br)cc3cc2-c2ccccc2)c1. The zero-order valence-corrected chi connectivity index (χ0v) is 25.6. The molecule has 6 aromatic carbocycles. The highest BCUT2D eigenvalue weighted by Crippen LogP contribution is 2.44. The number of ether oxygens (including phenoxy) is 2. The average Bonchev–Trinajstić information content (AvgIpc) is 2.97. The Labute approximate surface area is 259 Å². The molecule has 0 radical (unpaired) electrons. The van der Waals surface area contributed by atoms with Crippen LogP contribution in [0.5, 0.6) is 23.0 Å². The van der Waals surface area contributed by atoms with Crippen molar-refractivity contribution in [1.82, 2.24) is 0 Å². The third-order valence-corrected chi connectivity index (χ3v) is 8.21. The summed E-state index contributed by atoms with van der Waals surface area (Å²) in [5.74, 6) is 2.70. The summed E-state index contributed by atoms with van der Waals surface area (Å²) in [6.07, 6.45) is 0. The predicted molar refractivity (Wildman–Crippen MR) is 173 cm³/mol. The number of hydrogen-bond acceptors (Lipinski definition) is 2. The maximum absolute atomic E-state index is 6.50. The monoisotopic (exact) mass is 688 g/mol. The van der Waals surface area contributed by atoms with E-state index in [0.29, 0.717) is 33.0 Å². The van der Waals surface area contributed by atoms with Gasteiger partial charge in [-0.3, -0.25) is 0 Å². The van der Waals surface area contributed by atoms with Crippen LogP contribution >= 0.6 is 55.1 Å². The zero-order valence-electron chi connectivity index (χ0n) is 20.9. The molecule has 0 heterocycles. The van der Waals surface area contributed by atoms with Gasteiger partial charge in [0.15, 0.2) is 0 Å². The van der Waals surface area contributed by atoms with Gasteiger partial charge in [-0.15, -0.1) is 0 Å². The molecule has 0 saturated heterocycles. The molecule has 0 amide bonds. The largest absolute Gasteiger partial charge is 0.455 e. The van der Waals surface area contributed by atoms with Gasteiger partial charge in [0, 0.05) is 33.3 Å². The van der Waals surface area contributed by atoms with Crippen molar-refractivity contribution >= 4 is 65.8 Å². The van der Waals surface area contributed by atoms with Crippen molar-refractivity contribution < 1.29 is 9.47 Å². The van der Waals surface area contributed by atoms with E-state index in [-0.39, 0.29) is 0 Å². The fourth-order valence-electron chi connectivity index (χ4n) is 4.51. The summed E-state index contributed by atoms with van der Waals surface area (Å²) in [4.78, 5) is 0. The average molecular weight is 691 g/mol. The van der Waals surface area contributed by atoms with Gasteiger partial charge in [-0.25, -0.2) is 0 Å². The van der Waals surface area contributed by atoms with Crippen molar-refractivity contribution in [3.05, 3.63) is 140 Å². The van der Waals surface area contributed by atoms with Gasteiger partial charge >= 0.3 is 0 Å². The second-order valence-corrected chi connectivity index (χ2v) is 11.7. The molecule has 2 nitrogen and oxygen atoms in total. The molecule has 0 spiro atoms. The van der Waals surface area contributed by atoms with Crippen LogP contribution in [-0.2, 0) is 0 Å². The van der Waals surface area contributed by atoms with E-state index in [1.807, 2.05) is 60.7 Å². The van der Waals surface area contributed by atoms with Crippen LogP contribution in [0.4, 0.5) is 0 Å². The van der Waals surface area contributed by atoms with Gasteiger partial charge in [-0.2, -0.15) is 0 Å². The molecule has 0 bridgehead atoms. The summed E-state index contributed by atoms with van der Waals surface area (Å²) in [7, 11) is 0. The third-order valence-electron chi connectivity index (χ3n) is 6.43. The topological polar surface area (TPSA) is 18.5 Å². The van der Waals surface area contributed by atoms with Crippen LogP contribution in [0.15, 0.2) is 130 Å². The Hall–Kier alpha value is -3.28. The van der Waals surface area contributed by atoms with Gasteiger partial charge in [-0.05, 0) is 102 Å². The molecular weight excluding hydrogens is 671 g/mol. The molecule has 0 aliphatic heterocycles. The summed E-state index contributed by atoms with van der Waals surface area (Å²) >= 11 is 19.8. The second kappa shape index (κ2) is 11.7. The number of hydrogen-bond donors (Lipinski definition) is 0.